The molecule has 1 N–H and O–H groups in total. The van der Waals surface area contributed by atoms with Gasteiger partial charge in [0.25, 0.3) is 0 Å². The number of pyridine rings is 1. The summed E-state index contributed by atoms with van der Waals surface area (Å²) >= 11 is 0. The van der Waals surface area contributed by atoms with Gasteiger partial charge in [0, 0.05) is 26.0 Å². The van der Waals surface area contributed by atoms with E-state index in [4.69, 9.17) is 0 Å². The Morgan fingerprint density at radius 2 is 2.11 bits per heavy atom. The molecule has 0 radical (unpaired) electrons. The minimum absolute atomic E-state index is 0.0391. The Bertz CT molecular complexity index is 579. The van der Waals surface area contributed by atoms with Crippen LogP contribution in [-0.2, 0) is 13.5 Å². The maximum Gasteiger partial charge on any atom is 0.333 e. The average Bonchev–Trinajstić information content (AvgIpc) is 2.65. The Morgan fingerprint density at radius 1 is 1.42 bits per heavy atom. The Hall–Kier alpha value is -2.44. The molecule has 0 aromatic carbocycles. The van der Waals surface area contributed by atoms with E-state index in [1.54, 1.807) is 26.4 Å². The van der Waals surface area contributed by atoms with Gasteiger partial charge < -0.3 is 5.32 Å². The summed E-state index contributed by atoms with van der Waals surface area (Å²) in [7, 11) is 1.69. The third-order valence-corrected chi connectivity index (χ3v) is 2.83. The zero-order valence-electron chi connectivity index (χ0n) is 10.8. The molecule has 0 aliphatic rings. The molecule has 0 saturated heterocycles. The molecule has 0 aliphatic carbocycles. The van der Waals surface area contributed by atoms with Crippen LogP contribution in [0.15, 0.2) is 24.5 Å². The Balaban J connectivity index is 2.06. The van der Waals surface area contributed by atoms with Gasteiger partial charge in [0.15, 0.2) is 0 Å². The molecular formula is C12H15N5O2. The predicted octanol–water partition coefficient (Wildman–Crippen LogP) is 1.69. The molecule has 2 aromatic heterocycles. The van der Waals surface area contributed by atoms with Crippen molar-refractivity contribution in [3.05, 3.63) is 45.9 Å². The summed E-state index contributed by atoms with van der Waals surface area (Å²) in [6, 6.07) is 3.84. The highest BCUT2D eigenvalue weighted by molar-refractivity contribution is 5.59. The number of nitrogens with zero attached hydrogens (tertiary/aromatic N) is 4. The summed E-state index contributed by atoms with van der Waals surface area (Å²) in [5.74, 6) is 0.441. The topological polar surface area (TPSA) is 85.9 Å². The molecule has 0 bridgehead atoms. The van der Waals surface area contributed by atoms with Crippen molar-refractivity contribution in [1.29, 1.82) is 0 Å². The first-order chi connectivity index (χ1) is 9.09. The van der Waals surface area contributed by atoms with E-state index in [-0.39, 0.29) is 5.69 Å². The number of nitrogens with one attached hydrogen (secondary N) is 1. The number of rotatable bonds is 5. The normalized spacial score (nSPS) is 10.4. The zero-order valence-corrected chi connectivity index (χ0v) is 10.8. The highest BCUT2D eigenvalue weighted by Gasteiger charge is 2.23. The number of aryl methyl sites for hydroxylation is 2. The van der Waals surface area contributed by atoms with Crippen LogP contribution >= 0.6 is 0 Å². The molecular weight excluding hydrogens is 246 g/mol. The first kappa shape index (κ1) is 13.0. The molecule has 19 heavy (non-hydrogen) atoms. The van der Waals surface area contributed by atoms with Gasteiger partial charge in [-0.3, -0.25) is 15.1 Å². The van der Waals surface area contributed by atoms with Crippen molar-refractivity contribution < 1.29 is 4.92 Å². The van der Waals surface area contributed by atoms with Crippen LogP contribution in [0, 0.1) is 17.0 Å². The number of aromatic nitrogens is 3. The first-order valence-corrected chi connectivity index (χ1v) is 5.90. The quantitative estimate of drug-likeness (QED) is 0.653. The van der Waals surface area contributed by atoms with Crippen LogP contribution in [0.2, 0.25) is 0 Å². The summed E-state index contributed by atoms with van der Waals surface area (Å²) < 4.78 is 1.50. The van der Waals surface area contributed by atoms with Gasteiger partial charge in [-0.25, -0.2) is 4.68 Å². The van der Waals surface area contributed by atoms with E-state index in [0.29, 0.717) is 18.1 Å². The Labute approximate surface area is 110 Å². The standard InChI is InChI=1S/C12H15N5O2/c1-9-11(17(18)19)12(16(2)15-9)14-8-5-10-3-6-13-7-4-10/h3-4,6-7,14H,5,8H2,1-2H3. The SMILES string of the molecule is Cc1nn(C)c(NCCc2ccncc2)c1[N+](=O)[O-]. The third-order valence-electron chi connectivity index (χ3n) is 2.83. The van der Waals surface area contributed by atoms with Crippen molar-refractivity contribution in [3.8, 4) is 0 Å². The predicted molar refractivity (Wildman–Crippen MR) is 71.0 cm³/mol. The van der Waals surface area contributed by atoms with E-state index in [1.165, 1.54) is 4.68 Å². The minimum Gasteiger partial charge on any atom is -0.364 e. The van der Waals surface area contributed by atoms with Crippen LogP contribution < -0.4 is 5.32 Å². The lowest BCUT2D eigenvalue weighted by Crippen LogP contribution is -2.10. The van der Waals surface area contributed by atoms with E-state index in [9.17, 15) is 10.1 Å². The number of hydrogen-bond donors (Lipinski definition) is 1. The molecule has 2 aromatic rings. The van der Waals surface area contributed by atoms with Crippen LogP contribution in [0.25, 0.3) is 0 Å². The number of anilines is 1. The van der Waals surface area contributed by atoms with E-state index in [0.717, 1.165) is 12.0 Å². The fourth-order valence-corrected chi connectivity index (χ4v) is 1.94. The maximum atomic E-state index is 11.0. The van der Waals surface area contributed by atoms with E-state index >= 15 is 0 Å². The fraction of sp³-hybridized carbons (Fsp3) is 0.333. The molecule has 0 fully saturated rings. The molecule has 2 rings (SSSR count). The molecule has 7 nitrogen and oxygen atoms in total. The van der Waals surface area contributed by atoms with Crippen LogP contribution in [0.3, 0.4) is 0 Å². The van der Waals surface area contributed by atoms with Crippen LogP contribution in [0.5, 0.6) is 0 Å². The molecule has 7 heteroatoms. The maximum absolute atomic E-state index is 11.0. The molecule has 0 unspecified atom stereocenters. The monoisotopic (exact) mass is 261 g/mol. The molecule has 2 heterocycles. The van der Waals surface area contributed by atoms with Crippen LogP contribution in [-0.4, -0.2) is 26.2 Å². The lowest BCUT2D eigenvalue weighted by atomic mass is 10.2. The van der Waals surface area contributed by atoms with E-state index in [2.05, 4.69) is 15.4 Å². The summed E-state index contributed by atoms with van der Waals surface area (Å²) in [6.45, 7) is 2.23. The average molecular weight is 261 g/mol. The fourth-order valence-electron chi connectivity index (χ4n) is 1.94. The highest BCUT2D eigenvalue weighted by Crippen LogP contribution is 2.26. The number of nitro groups is 1. The zero-order chi connectivity index (χ0) is 13.8. The minimum atomic E-state index is -0.406. The Morgan fingerprint density at radius 3 is 2.74 bits per heavy atom. The van der Waals surface area contributed by atoms with Crippen LogP contribution in [0.1, 0.15) is 11.3 Å². The molecule has 0 aliphatic heterocycles. The van der Waals surface area contributed by atoms with Gasteiger partial charge >= 0.3 is 5.69 Å². The molecule has 0 amide bonds. The lowest BCUT2D eigenvalue weighted by molar-refractivity contribution is -0.384. The van der Waals surface area contributed by atoms with Crippen molar-refractivity contribution in [2.45, 2.75) is 13.3 Å². The second kappa shape index (κ2) is 5.47. The second-order valence-corrected chi connectivity index (χ2v) is 4.20. The van der Waals surface area contributed by atoms with E-state index in [1.807, 2.05) is 12.1 Å². The van der Waals surface area contributed by atoms with Gasteiger partial charge in [-0.15, -0.1) is 0 Å². The summed E-state index contributed by atoms with van der Waals surface area (Å²) in [5.41, 5.74) is 1.58. The van der Waals surface area contributed by atoms with Gasteiger partial charge in [-0.05, 0) is 31.0 Å². The number of hydrogen-bond acceptors (Lipinski definition) is 5. The lowest BCUT2D eigenvalue weighted by Gasteiger charge is -2.06. The largest absolute Gasteiger partial charge is 0.364 e. The van der Waals surface area contributed by atoms with Crippen molar-refractivity contribution >= 4 is 11.5 Å². The van der Waals surface area contributed by atoms with Gasteiger partial charge in [0.05, 0.1) is 4.92 Å². The van der Waals surface area contributed by atoms with Crippen molar-refractivity contribution in [2.75, 3.05) is 11.9 Å². The summed E-state index contributed by atoms with van der Waals surface area (Å²) in [4.78, 5) is 14.5. The Kier molecular flexibility index (Phi) is 3.74. The summed E-state index contributed by atoms with van der Waals surface area (Å²) in [6.07, 6.45) is 4.22. The molecule has 0 saturated carbocycles. The smallest absolute Gasteiger partial charge is 0.333 e. The second-order valence-electron chi connectivity index (χ2n) is 4.20. The van der Waals surface area contributed by atoms with Crippen molar-refractivity contribution in [1.82, 2.24) is 14.8 Å². The third kappa shape index (κ3) is 2.87. The van der Waals surface area contributed by atoms with E-state index < -0.39 is 4.92 Å². The van der Waals surface area contributed by atoms with Crippen molar-refractivity contribution in [3.63, 3.8) is 0 Å². The van der Waals surface area contributed by atoms with Crippen molar-refractivity contribution in [2.24, 2.45) is 7.05 Å². The van der Waals surface area contributed by atoms with Crippen LogP contribution in [0.4, 0.5) is 11.5 Å². The summed E-state index contributed by atoms with van der Waals surface area (Å²) in [5, 5.41) is 18.1. The van der Waals surface area contributed by atoms with Gasteiger partial charge in [0.2, 0.25) is 5.82 Å². The van der Waals surface area contributed by atoms with Gasteiger partial charge in [-0.2, -0.15) is 5.10 Å². The molecule has 0 atom stereocenters. The first-order valence-electron chi connectivity index (χ1n) is 5.90. The van der Waals surface area contributed by atoms with Gasteiger partial charge in [-0.1, -0.05) is 0 Å². The molecule has 100 valence electrons. The van der Waals surface area contributed by atoms with Gasteiger partial charge in [0.1, 0.15) is 5.69 Å². The highest BCUT2D eigenvalue weighted by atomic mass is 16.6. The molecule has 0 spiro atoms.